The quantitative estimate of drug-likeness (QED) is 0.865. The highest BCUT2D eigenvalue weighted by molar-refractivity contribution is 5.92. The molecule has 1 amide bonds. The van der Waals surface area contributed by atoms with Crippen LogP contribution in [0.1, 0.15) is 28.9 Å². The highest BCUT2D eigenvalue weighted by Crippen LogP contribution is 2.42. The molecule has 0 aliphatic carbocycles. The van der Waals surface area contributed by atoms with Crippen molar-refractivity contribution in [3.63, 3.8) is 0 Å². The topological polar surface area (TPSA) is 93.1 Å². The van der Waals surface area contributed by atoms with Crippen molar-refractivity contribution < 1.29 is 9.53 Å². The summed E-state index contributed by atoms with van der Waals surface area (Å²) in [7, 11) is 0. The molecule has 4 heterocycles. The van der Waals surface area contributed by atoms with Crippen molar-refractivity contribution in [3.8, 4) is 0 Å². The molecule has 0 bridgehead atoms. The molecule has 1 N–H and O–H groups in total. The molecule has 2 saturated heterocycles. The second kappa shape index (κ2) is 6.95. The SMILES string of the molecule is Cc1cnc(NCCC2CCOC23CN(C(=O)c2ccncn2)C3)nc1. The van der Waals surface area contributed by atoms with Crippen LogP contribution >= 0.6 is 0 Å². The first kappa shape index (κ1) is 16.8. The van der Waals surface area contributed by atoms with Crippen LogP contribution in [0.2, 0.25) is 0 Å². The molecule has 0 radical (unpaired) electrons. The van der Waals surface area contributed by atoms with Crippen LogP contribution in [0, 0.1) is 12.8 Å². The zero-order valence-electron chi connectivity index (χ0n) is 14.8. The van der Waals surface area contributed by atoms with Gasteiger partial charge in [-0.25, -0.2) is 19.9 Å². The Kier molecular flexibility index (Phi) is 4.50. The van der Waals surface area contributed by atoms with Gasteiger partial charge in [-0.1, -0.05) is 0 Å². The Bertz CT molecular complexity index is 761. The number of nitrogens with zero attached hydrogens (tertiary/aromatic N) is 5. The number of amides is 1. The van der Waals surface area contributed by atoms with Gasteiger partial charge in [0.1, 0.15) is 17.6 Å². The van der Waals surface area contributed by atoms with Crippen molar-refractivity contribution in [2.75, 3.05) is 31.6 Å². The van der Waals surface area contributed by atoms with E-state index < -0.39 is 0 Å². The van der Waals surface area contributed by atoms with Crippen molar-refractivity contribution in [2.45, 2.75) is 25.4 Å². The predicted octanol–water partition coefficient (Wildman–Crippen LogP) is 1.31. The molecule has 1 unspecified atom stereocenters. The number of aryl methyl sites for hydroxylation is 1. The van der Waals surface area contributed by atoms with E-state index in [1.165, 1.54) is 6.33 Å². The average molecular weight is 354 g/mol. The summed E-state index contributed by atoms with van der Waals surface area (Å²) in [6.45, 7) is 4.76. The molecule has 2 aromatic heterocycles. The summed E-state index contributed by atoms with van der Waals surface area (Å²) >= 11 is 0. The predicted molar refractivity (Wildman–Crippen MR) is 94.6 cm³/mol. The third-order valence-corrected chi connectivity index (χ3v) is 5.16. The lowest BCUT2D eigenvalue weighted by molar-refractivity contribution is -0.117. The smallest absolute Gasteiger partial charge is 0.272 e. The van der Waals surface area contributed by atoms with Crippen LogP contribution in [0.4, 0.5) is 5.95 Å². The van der Waals surface area contributed by atoms with E-state index in [0.29, 0.717) is 30.6 Å². The number of likely N-dealkylation sites (tertiary alicyclic amines) is 1. The van der Waals surface area contributed by atoms with Gasteiger partial charge in [0.05, 0.1) is 13.1 Å². The molecule has 2 aliphatic rings. The number of aromatic nitrogens is 4. The standard InChI is InChI=1S/C18H22N6O2/c1-13-8-21-17(22-9-13)20-6-2-14-4-7-26-18(14)10-24(11-18)16(25)15-3-5-19-12-23-15/h3,5,8-9,12,14H,2,4,6-7,10-11H2,1H3,(H,20,21,22). The fourth-order valence-electron chi connectivity index (χ4n) is 3.71. The minimum absolute atomic E-state index is 0.0570. The first-order chi connectivity index (χ1) is 12.7. The van der Waals surface area contributed by atoms with Crippen LogP contribution in [0.25, 0.3) is 0 Å². The van der Waals surface area contributed by atoms with E-state index in [9.17, 15) is 4.79 Å². The molecule has 8 nitrogen and oxygen atoms in total. The fraction of sp³-hybridized carbons (Fsp3) is 0.500. The minimum Gasteiger partial charge on any atom is -0.371 e. The second-order valence-corrected chi connectivity index (χ2v) is 6.95. The van der Waals surface area contributed by atoms with Crippen LogP contribution in [0.3, 0.4) is 0 Å². The largest absolute Gasteiger partial charge is 0.371 e. The lowest BCUT2D eigenvalue weighted by Gasteiger charge is -2.50. The van der Waals surface area contributed by atoms with Gasteiger partial charge in [0.15, 0.2) is 0 Å². The number of hydrogen-bond donors (Lipinski definition) is 1. The van der Waals surface area contributed by atoms with E-state index in [4.69, 9.17) is 4.74 Å². The first-order valence-electron chi connectivity index (χ1n) is 8.88. The molecular weight excluding hydrogens is 332 g/mol. The molecule has 2 aliphatic heterocycles. The maximum atomic E-state index is 12.5. The van der Waals surface area contributed by atoms with E-state index in [1.54, 1.807) is 29.6 Å². The Hall–Kier alpha value is -2.61. The first-order valence-corrected chi connectivity index (χ1v) is 8.88. The van der Waals surface area contributed by atoms with Gasteiger partial charge in [-0.15, -0.1) is 0 Å². The van der Waals surface area contributed by atoms with Gasteiger partial charge in [-0.3, -0.25) is 4.79 Å². The van der Waals surface area contributed by atoms with Crippen molar-refractivity contribution in [2.24, 2.45) is 5.92 Å². The Labute approximate surface area is 152 Å². The molecule has 1 spiro atoms. The molecule has 2 aromatic rings. The summed E-state index contributed by atoms with van der Waals surface area (Å²) in [5.41, 5.74) is 1.27. The van der Waals surface area contributed by atoms with E-state index in [0.717, 1.165) is 31.6 Å². The van der Waals surface area contributed by atoms with E-state index in [2.05, 4.69) is 25.3 Å². The molecule has 2 fully saturated rings. The number of carbonyl (C=O) groups is 1. The highest BCUT2D eigenvalue weighted by atomic mass is 16.5. The maximum absolute atomic E-state index is 12.5. The fourth-order valence-corrected chi connectivity index (χ4v) is 3.71. The van der Waals surface area contributed by atoms with Crippen molar-refractivity contribution in [1.29, 1.82) is 0 Å². The molecule has 1 atom stereocenters. The number of nitrogens with one attached hydrogen (secondary N) is 1. The third-order valence-electron chi connectivity index (χ3n) is 5.16. The molecule has 4 rings (SSSR count). The normalized spacial score (nSPS) is 20.8. The number of carbonyl (C=O) groups excluding carboxylic acids is 1. The number of rotatable bonds is 5. The second-order valence-electron chi connectivity index (χ2n) is 6.95. The van der Waals surface area contributed by atoms with Crippen molar-refractivity contribution in [1.82, 2.24) is 24.8 Å². The Morgan fingerprint density at radius 2 is 2.15 bits per heavy atom. The zero-order valence-corrected chi connectivity index (χ0v) is 14.8. The van der Waals surface area contributed by atoms with Crippen molar-refractivity contribution >= 4 is 11.9 Å². The lowest BCUT2D eigenvalue weighted by Crippen LogP contribution is -2.66. The summed E-state index contributed by atoms with van der Waals surface area (Å²) in [6.07, 6.45) is 8.58. The number of ether oxygens (including phenoxy) is 1. The summed E-state index contributed by atoms with van der Waals surface area (Å²) in [6, 6.07) is 1.64. The van der Waals surface area contributed by atoms with Gasteiger partial charge in [0, 0.05) is 31.7 Å². The van der Waals surface area contributed by atoms with Gasteiger partial charge in [-0.2, -0.15) is 0 Å². The van der Waals surface area contributed by atoms with Gasteiger partial charge in [0.25, 0.3) is 5.91 Å². The monoisotopic (exact) mass is 354 g/mol. The Morgan fingerprint density at radius 1 is 1.35 bits per heavy atom. The minimum atomic E-state index is -0.210. The van der Waals surface area contributed by atoms with Crippen LogP contribution in [0.15, 0.2) is 31.0 Å². The van der Waals surface area contributed by atoms with Crippen LogP contribution in [-0.2, 0) is 4.74 Å². The van der Waals surface area contributed by atoms with Gasteiger partial charge in [0.2, 0.25) is 5.95 Å². The summed E-state index contributed by atoms with van der Waals surface area (Å²) in [5, 5.41) is 3.27. The summed E-state index contributed by atoms with van der Waals surface area (Å²) < 4.78 is 6.04. The Balaban J connectivity index is 1.30. The molecular formula is C18H22N6O2. The highest BCUT2D eigenvalue weighted by Gasteiger charge is 2.54. The zero-order chi connectivity index (χ0) is 18.0. The van der Waals surface area contributed by atoms with Gasteiger partial charge >= 0.3 is 0 Å². The number of anilines is 1. The van der Waals surface area contributed by atoms with Crippen LogP contribution < -0.4 is 5.32 Å². The Morgan fingerprint density at radius 3 is 2.88 bits per heavy atom. The van der Waals surface area contributed by atoms with Crippen LogP contribution in [-0.4, -0.2) is 62.6 Å². The van der Waals surface area contributed by atoms with Crippen molar-refractivity contribution in [3.05, 3.63) is 42.2 Å². The molecule has 26 heavy (non-hydrogen) atoms. The summed E-state index contributed by atoms with van der Waals surface area (Å²) in [5.74, 6) is 1.02. The lowest BCUT2D eigenvalue weighted by atomic mass is 9.79. The van der Waals surface area contributed by atoms with E-state index in [-0.39, 0.29) is 11.5 Å². The van der Waals surface area contributed by atoms with Gasteiger partial charge in [-0.05, 0) is 37.3 Å². The molecule has 8 heteroatoms. The van der Waals surface area contributed by atoms with E-state index in [1.807, 2.05) is 6.92 Å². The molecule has 0 saturated carbocycles. The maximum Gasteiger partial charge on any atom is 0.272 e. The van der Waals surface area contributed by atoms with E-state index >= 15 is 0 Å². The van der Waals surface area contributed by atoms with Gasteiger partial charge < -0.3 is 15.0 Å². The van der Waals surface area contributed by atoms with Crippen LogP contribution in [0.5, 0.6) is 0 Å². The molecule has 136 valence electrons. The average Bonchev–Trinajstić information content (AvgIpc) is 3.06. The molecule has 0 aromatic carbocycles. The summed E-state index contributed by atoms with van der Waals surface area (Å²) in [4.78, 5) is 30.7. The third kappa shape index (κ3) is 3.24. The number of hydrogen-bond acceptors (Lipinski definition) is 7.